The maximum Gasteiger partial charge on any atom is 0.414 e. The van der Waals surface area contributed by atoms with E-state index >= 15 is 0 Å². The maximum atomic E-state index is 11.8. The van der Waals surface area contributed by atoms with Crippen LogP contribution in [-0.4, -0.2) is 31.2 Å². The highest BCUT2D eigenvalue weighted by Crippen LogP contribution is 2.22. The van der Waals surface area contributed by atoms with Gasteiger partial charge in [-0.2, -0.15) is 0 Å². The number of carbonyl (C=O) groups is 2. The number of nitrogens with one attached hydrogen (secondary N) is 1. The van der Waals surface area contributed by atoms with Gasteiger partial charge in [0.15, 0.2) is 0 Å². The van der Waals surface area contributed by atoms with Gasteiger partial charge in [-0.15, -0.1) is 0 Å². The fourth-order valence-corrected chi connectivity index (χ4v) is 1.99. The van der Waals surface area contributed by atoms with Crippen molar-refractivity contribution in [3.05, 3.63) is 30.3 Å². The van der Waals surface area contributed by atoms with Crippen LogP contribution in [0.15, 0.2) is 30.3 Å². The van der Waals surface area contributed by atoms with Gasteiger partial charge in [0.1, 0.15) is 6.10 Å². The van der Waals surface area contributed by atoms with Crippen LogP contribution in [0.5, 0.6) is 0 Å². The number of benzene rings is 1. The molecule has 0 radical (unpaired) electrons. The van der Waals surface area contributed by atoms with Crippen LogP contribution in [0.25, 0.3) is 0 Å². The minimum atomic E-state index is -0.321. The number of para-hydroxylation sites is 1. The Kier molecular flexibility index (Phi) is 4.39. The summed E-state index contributed by atoms with van der Waals surface area (Å²) in [7, 11) is 0. The molecule has 1 aliphatic rings. The molecule has 1 fully saturated rings. The van der Waals surface area contributed by atoms with Gasteiger partial charge in [0.05, 0.1) is 6.54 Å². The molecule has 0 bridgehead atoms. The fraction of sp³-hybridized carbons (Fsp3) is 0.429. The Hall–Kier alpha value is -2.04. The van der Waals surface area contributed by atoms with Crippen LogP contribution in [0.2, 0.25) is 0 Å². The van der Waals surface area contributed by atoms with Crippen molar-refractivity contribution < 1.29 is 14.3 Å². The Morgan fingerprint density at radius 1 is 1.42 bits per heavy atom. The van der Waals surface area contributed by atoms with Gasteiger partial charge in [0.2, 0.25) is 5.91 Å². The second-order valence-corrected chi connectivity index (χ2v) is 4.44. The lowest BCUT2D eigenvalue weighted by Gasteiger charge is -2.12. The first-order valence-corrected chi connectivity index (χ1v) is 6.50. The summed E-state index contributed by atoms with van der Waals surface area (Å²) in [6.45, 7) is 2.88. The molecule has 0 saturated carbocycles. The predicted octanol–water partition coefficient (Wildman–Crippen LogP) is 1.93. The summed E-state index contributed by atoms with van der Waals surface area (Å²) >= 11 is 0. The first kappa shape index (κ1) is 13.4. The highest BCUT2D eigenvalue weighted by atomic mass is 16.6. The van der Waals surface area contributed by atoms with Crippen LogP contribution in [0.1, 0.15) is 19.8 Å². The van der Waals surface area contributed by atoms with Crippen molar-refractivity contribution in [2.45, 2.75) is 25.9 Å². The number of amides is 2. The van der Waals surface area contributed by atoms with Gasteiger partial charge < -0.3 is 10.1 Å². The van der Waals surface area contributed by atoms with E-state index in [0.717, 1.165) is 5.69 Å². The first-order valence-electron chi connectivity index (χ1n) is 6.50. The van der Waals surface area contributed by atoms with E-state index in [1.807, 2.05) is 37.3 Å². The minimum Gasteiger partial charge on any atom is -0.444 e. The molecule has 1 heterocycles. The van der Waals surface area contributed by atoms with E-state index in [2.05, 4.69) is 5.32 Å². The number of ether oxygens (including phenoxy) is 1. The van der Waals surface area contributed by atoms with Crippen molar-refractivity contribution >= 4 is 17.7 Å². The summed E-state index contributed by atoms with van der Waals surface area (Å²) in [5.74, 6) is 0.0178. The topological polar surface area (TPSA) is 58.6 Å². The molecule has 2 amide bonds. The number of nitrogens with zero attached hydrogens (tertiary/aromatic N) is 1. The Labute approximate surface area is 112 Å². The van der Waals surface area contributed by atoms with Crippen molar-refractivity contribution in [1.29, 1.82) is 0 Å². The third kappa shape index (κ3) is 3.47. The Bertz CT molecular complexity index is 447. The van der Waals surface area contributed by atoms with E-state index in [1.165, 1.54) is 0 Å². The van der Waals surface area contributed by atoms with Gasteiger partial charge >= 0.3 is 6.09 Å². The molecule has 2 rings (SSSR count). The molecular weight excluding hydrogens is 244 g/mol. The van der Waals surface area contributed by atoms with Crippen LogP contribution < -0.4 is 10.2 Å². The van der Waals surface area contributed by atoms with E-state index < -0.39 is 0 Å². The normalized spacial score (nSPS) is 18.3. The zero-order valence-electron chi connectivity index (χ0n) is 11.0. The van der Waals surface area contributed by atoms with Crippen molar-refractivity contribution in [1.82, 2.24) is 5.32 Å². The van der Waals surface area contributed by atoms with Crippen LogP contribution >= 0.6 is 0 Å². The first-order chi connectivity index (χ1) is 9.20. The Morgan fingerprint density at radius 2 is 2.16 bits per heavy atom. The summed E-state index contributed by atoms with van der Waals surface area (Å²) in [4.78, 5) is 24.5. The average Bonchev–Trinajstić information content (AvgIpc) is 2.80. The quantitative estimate of drug-likeness (QED) is 0.882. The SMILES string of the molecule is CCC(=O)NCCC1CN(c2ccccc2)C(=O)O1. The van der Waals surface area contributed by atoms with E-state index in [1.54, 1.807) is 4.90 Å². The standard InChI is InChI=1S/C14H18N2O3/c1-2-13(17)15-9-8-12-10-16(14(18)19-12)11-6-4-3-5-7-11/h3-7,12H,2,8-10H2,1H3,(H,15,17). The lowest BCUT2D eigenvalue weighted by molar-refractivity contribution is -0.120. The molecule has 0 aromatic heterocycles. The highest BCUT2D eigenvalue weighted by molar-refractivity contribution is 5.89. The second kappa shape index (κ2) is 6.22. The zero-order chi connectivity index (χ0) is 13.7. The van der Waals surface area contributed by atoms with E-state index in [4.69, 9.17) is 4.74 Å². The summed E-state index contributed by atoms with van der Waals surface area (Å²) in [6, 6.07) is 9.43. The van der Waals surface area contributed by atoms with E-state index in [-0.39, 0.29) is 18.1 Å². The van der Waals surface area contributed by atoms with Crippen LogP contribution in [0.3, 0.4) is 0 Å². The van der Waals surface area contributed by atoms with Crippen molar-refractivity contribution in [2.24, 2.45) is 0 Å². The Morgan fingerprint density at radius 3 is 2.84 bits per heavy atom. The molecule has 1 unspecified atom stereocenters. The lowest BCUT2D eigenvalue weighted by atomic mass is 10.2. The third-order valence-corrected chi connectivity index (χ3v) is 3.05. The smallest absolute Gasteiger partial charge is 0.414 e. The van der Waals surface area contributed by atoms with E-state index in [9.17, 15) is 9.59 Å². The number of hydrogen-bond donors (Lipinski definition) is 1. The van der Waals surface area contributed by atoms with Gasteiger partial charge in [-0.25, -0.2) is 4.79 Å². The molecule has 1 N–H and O–H groups in total. The average molecular weight is 262 g/mol. The zero-order valence-corrected chi connectivity index (χ0v) is 11.0. The molecule has 5 nitrogen and oxygen atoms in total. The largest absolute Gasteiger partial charge is 0.444 e. The Balaban J connectivity index is 1.84. The van der Waals surface area contributed by atoms with Gasteiger partial charge in [-0.05, 0) is 12.1 Å². The molecule has 0 spiro atoms. The molecule has 5 heteroatoms. The molecule has 1 atom stereocenters. The minimum absolute atomic E-state index is 0.0178. The maximum absolute atomic E-state index is 11.8. The van der Waals surface area contributed by atoms with Crippen LogP contribution in [0, 0.1) is 0 Å². The van der Waals surface area contributed by atoms with Crippen molar-refractivity contribution in [3.63, 3.8) is 0 Å². The molecule has 1 aromatic rings. The number of hydrogen-bond acceptors (Lipinski definition) is 3. The van der Waals surface area contributed by atoms with Gasteiger partial charge in [-0.3, -0.25) is 9.69 Å². The molecule has 1 saturated heterocycles. The number of anilines is 1. The molecule has 0 aliphatic carbocycles. The molecule has 102 valence electrons. The molecular formula is C14H18N2O3. The summed E-state index contributed by atoms with van der Waals surface area (Å²) in [5, 5.41) is 2.78. The lowest BCUT2D eigenvalue weighted by Crippen LogP contribution is -2.28. The predicted molar refractivity (Wildman–Crippen MR) is 72.0 cm³/mol. The number of cyclic esters (lactones) is 1. The highest BCUT2D eigenvalue weighted by Gasteiger charge is 2.31. The molecule has 19 heavy (non-hydrogen) atoms. The second-order valence-electron chi connectivity index (χ2n) is 4.44. The summed E-state index contributed by atoms with van der Waals surface area (Å²) < 4.78 is 5.28. The van der Waals surface area contributed by atoms with Crippen LogP contribution in [-0.2, 0) is 9.53 Å². The van der Waals surface area contributed by atoms with Gasteiger partial charge in [0.25, 0.3) is 0 Å². The van der Waals surface area contributed by atoms with Gasteiger partial charge in [-0.1, -0.05) is 25.1 Å². The number of carbonyl (C=O) groups excluding carboxylic acids is 2. The van der Waals surface area contributed by atoms with Crippen molar-refractivity contribution in [2.75, 3.05) is 18.0 Å². The van der Waals surface area contributed by atoms with Gasteiger partial charge in [0, 0.05) is 25.1 Å². The fourth-order valence-electron chi connectivity index (χ4n) is 1.99. The summed E-state index contributed by atoms with van der Waals surface area (Å²) in [5.41, 5.74) is 0.840. The number of rotatable bonds is 5. The monoisotopic (exact) mass is 262 g/mol. The third-order valence-electron chi connectivity index (χ3n) is 3.05. The molecule has 1 aromatic carbocycles. The van der Waals surface area contributed by atoms with Crippen molar-refractivity contribution in [3.8, 4) is 0 Å². The summed E-state index contributed by atoms with van der Waals surface area (Å²) in [6.07, 6.45) is 0.629. The molecule has 1 aliphatic heterocycles. The van der Waals surface area contributed by atoms with E-state index in [0.29, 0.717) is 25.9 Å². The van der Waals surface area contributed by atoms with Crippen LogP contribution in [0.4, 0.5) is 10.5 Å².